The summed E-state index contributed by atoms with van der Waals surface area (Å²) in [6, 6.07) is 15.0. The highest BCUT2D eigenvalue weighted by Gasteiger charge is 2.59. The Hall–Kier alpha value is -2.33. The van der Waals surface area contributed by atoms with Crippen LogP contribution in [0.25, 0.3) is 0 Å². The van der Waals surface area contributed by atoms with Crippen LogP contribution in [0.3, 0.4) is 0 Å². The van der Waals surface area contributed by atoms with Gasteiger partial charge in [-0.1, -0.05) is 35.9 Å². The summed E-state index contributed by atoms with van der Waals surface area (Å²) in [5, 5.41) is 3.41. The number of fused-ring (bicyclic) bond motifs is 1. The van der Waals surface area contributed by atoms with Crippen molar-refractivity contribution in [2.45, 2.75) is 32.2 Å². The quantitative estimate of drug-likeness (QED) is 0.846. The minimum Gasteiger partial charge on any atom is -0.325 e. The molecule has 1 fully saturated rings. The largest absolute Gasteiger partial charge is 0.325 e. The topological polar surface area (TPSA) is 49.4 Å². The average molecular weight is 355 g/mol. The Balaban J connectivity index is 1.58. The normalized spacial score (nSPS) is 20.1. The maximum absolute atomic E-state index is 13.2. The molecule has 0 radical (unpaired) electrons. The second kappa shape index (κ2) is 5.88. The lowest BCUT2D eigenvalue weighted by Crippen LogP contribution is -2.45. The van der Waals surface area contributed by atoms with Crippen molar-refractivity contribution in [3.8, 4) is 0 Å². The minimum atomic E-state index is -0.950. The molecular weight excluding hydrogens is 336 g/mol. The van der Waals surface area contributed by atoms with Crippen molar-refractivity contribution in [3.05, 3.63) is 59.1 Å². The molecule has 1 aliphatic carbocycles. The Morgan fingerprint density at radius 3 is 2.64 bits per heavy atom. The number of benzene rings is 2. The molecule has 1 atom stereocenters. The van der Waals surface area contributed by atoms with Gasteiger partial charge in [-0.3, -0.25) is 9.59 Å². The van der Waals surface area contributed by atoms with E-state index in [-0.39, 0.29) is 17.9 Å². The second-order valence-electron chi connectivity index (χ2n) is 6.90. The highest BCUT2D eigenvalue weighted by atomic mass is 35.5. The molecule has 4 rings (SSSR count). The van der Waals surface area contributed by atoms with Gasteiger partial charge < -0.3 is 10.2 Å². The summed E-state index contributed by atoms with van der Waals surface area (Å²) in [7, 11) is 0. The number of nitrogens with zero attached hydrogens (tertiary/aromatic N) is 1. The third-order valence-corrected chi connectivity index (χ3v) is 5.34. The number of hydrogen-bond donors (Lipinski definition) is 1. The number of nitrogens with one attached hydrogen (secondary N) is 1. The van der Waals surface area contributed by atoms with E-state index in [1.807, 2.05) is 31.2 Å². The molecule has 0 spiro atoms. The standard InChI is InChI=1S/C20H19ClN2O2/c1-13-11-14-5-2-3-8-17(14)23(13)19(25)20(9-10-20)18(24)22-16-7-4-6-15(21)12-16/h2-8,12-13H,9-11H2,1H3,(H,22,24). The van der Waals surface area contributed by atoms with Crippen molar-refractivity contribution in [2.24, 2.45) is 5.41 Å². The number of rotatable bonds is 3. The maximum Gasteiger partial charge on any atom is 0.242 e. The van der Waals surface area contributed by atoms with Crippen LogP contribution < -0.4 is 10.2 Å². The van der Waals surface area contributed by atoms with Crippen LogP contribution in [0.15, 0.2) is 48.5 Å². The summed E-state index contributed by atoms with van der Waals surface area (Å²) in [5.74, 6) is -0.333. The average Bonchev–Trinajstić information content (AvgIpc) is 3.32. The molecule has 1 saturated carbocycles. The molecule has 2 aliphatic rings. The van der Waals surface area contributed by atoms with Crippen LogP contribution in [0.4, 0.5) is 11.4 Å². The van der Waals surface area contributed by atoms with Gasteiger partial charge in [0, 0.05) is 22.4 Å². The van der Waals surface area contributed by atoms with Crippen molar-refractivity contribution >= 4 is 34.8 Å². The zero-order chi connectivity index (χ0) is 17.6. The zero-order valence-corrected chi connectivity index (χ0v) is 14.7. The predicted molar refractivity (Wildman–Crippen MR) is 98.8 cm³/mol. The summed E-state index contributed by atoms with van der Waals surface area (Å²) < 4.78 is 0. The van der Waals surface area contributed by atoms with E-state index < -0.39 is 5.41 Å². The Morgan fingerprint density at radius 2 is 1.92 bits per heavy atom. The number of hydrogen-bond acceptors (Lipinski definition) is 2. The molecule has 128 valence electrons. The Labute approximate surface area is 151 Å². The molecule has 0 bridgehead atoms. The lowest BCUT2D eigenvalue weighted by Gasteiger charge is -2.27. The highest BCUT2D eigenvalue weighted by Crippen LogP contribution is 2.50. The smallest absolute Gasteiger partial charge is 0.242 e. The van der Waals surface area contributed by atoms with Crippen LogP contribution in [0.5, 0.6) is 0 Å². The van der Waals surface area contributed by atoms with Crippen molar-refractivity contribution < 1.29 is 9.59 Å². The van der Waals surface area contributed by atoms with Gasteiger partial charge >= 0.3 is 0 Å². The molecule has 2 aromatic carbocycles. The first-order valence-corrected chi connectivity index (χ1v) is 8.88. The van der Waals surface area contributed by atoms with Gasteiger partial charge in [-0.05, 0) is 56.0 Å². The molecule has 2 amide bonds. The number of halogens is 1. The number of carbonyl (C=O) groups is 2. The first kappa shape index (κ1) is 16.2. The maximum atomic E-state index is 13.2. The van der Waals surface area contributed by atoms with Gasteiger partial charge in [0.1, 0.15) is 5.41 Å². The van der Waals surface area contributed by atoms with E-state index in [0.29, 0.717) is 23.6 Å². The van der Waals surface area contributed by atoms with Crippen LogP contribution in [0, 0.1) is 5.41 Å². The third-order valence-electron chi connectivity index (χ3n) is 5.10. The van der Waals surface area contributed by atoms with E-state index in [1.165, 1.54) is 0 Å². The number of carbonyl (C=O) groups excluding carboxylic acids is 2. The molecule has 1 N–H and O–H groups in total. The summed E-state index contributed by atoms with van der Waals surface area (Å²) in [4.78, 5) is 27.9. The van der Waals surface area contributed by atoms with E-state index in [2.05, 4.69) is 5.32 Å². The van der Waals surface area contributed by atoms with Crippen molar-refractivity contribution in [1.82, 2.24) is 0 Å². The molecule has 1 unspecified atom stereocenters. The fourth-order valence-electron chi connectivity index (χ4n) is 3.59. The fourth-order valence-corrected chi connectivity index (χ4v) is 3.78. The lowest BCUT2D eigenvalue weighted by atomic mass is 10.0. The molecule has 0 saturated heterocycles. The van der Waals surface area contributed by atoms with E-state index >= 15 is 0 Å². The van der Waals surface area contributed by atoms with Gasteiger partial charge in [0.25, 0.3) is 0 Å². The first-order chi connectivity index (χ1) is 12.0. The highest BCUT2D eigenvalue weighted by molar-refractivity contribution is 6.31. The van der Waals surface area contributed by atoms with Gasteiger partial charge in [-0.25, -0.2) is 0 Å². The third kappa shape index (κ3) is 2.71. The molecule has 0 aromatic heterocycles. The molecule has 25 heavy (non-hydrogen) atoms. The van der Waals surface area contributed by atoms with E-state index in [1.54, 1.807) is 29.2 Å². The van der Waals surface area contributed by atoms with Crippen molar-refractivity contribution in [3.63, 3.8) is 0 Å². The number of amides is 2. The fraction of sp³-hybridized carbons (Fsp3) is 0.300. The first-order valence-electron chi connectivity index (χ1n) is 8.50. The predicted octanol–water partition coefficient (Wildman–Crippen LogP) is 4.04. The van der Waals surface area contributed by atoms with Gasteiger partial charge in [0.15, 0.2) is 0 Å². The minimum absolute atomic E-state index is 0.0707. The summed E-state index contributed by atoms with van der Waals surface area (Å²) in [6.07, 6.45) is 2.00. The molecule has 2 aromatic rings. The molecule has 1 heterocycles. The van der Waals surface area contributed by atoms with E-state index in [0.717, 1.165) is 17.7 Å². The molecule has 4 nitrogen and oxygen atoms in total. The lowest BCUT2D eigenvalue weighted by molar-refractivity contribution is -0.132. The number of anilines is 2. The van der Waals surface area contributed by atoms with Crippen molar-refractivity contribution in [2.75, 3.05) is 10.2 Å². The number of para-hydroxylation sites is 1. The SMILES string of the molecule is CC1Cc2ccccc2N1C(=O)C1(C(=O)Nc2cccc(Cl)c2)CC1. The van der Waals surface area contributed by atoms with Crippen molar-refractivity contribution in [1.29, 1.82) is 0 Å². The van der Waals surface area contributed by atoms with Crippen LogP contribution in [-0.4, -0.2) is 17.9 Å². The van der Waals surface area contributed by atoms with Crippen LogP contribution >= 0.6 is 11.6 Å². The van der Waals surface area contributed by atoms with Crippen LogP contribution in [0.1, 0.15) is 25.3 Å². The van der Waals surface area contributed by atoms with E-state index in [4.69, 9.17) is 11.6 Å². The Kier molecular flexibility index (Phi) is 3.80. The molecular formula is C20H19ClN2O2. The summed E-state index contributed by atoms with van der Waals surface area (Å²) in [6.45, 7) is 2.03. The Bertz CT molecular complexity index is 860. The van der Waals surface area contributed by atoms with Crippen LogP contribution in [0.2, 0.25) is 5.02 Å². The van der Waals surface area contributed by atoms with Gasteiger partial charge in [0.2, 0.25) is 11.8 Å². The van der Waals surface area contributed by atoms with E-state index in [9.17, 15) is 9.59 Å². The molecule has 1 aliphatic heterocycles. The van der Waals surface area contributed by atoms with Crippen LogP contribution in [-0.2, 0) is 16.0 Å². The summed E-state index contributed by atoms with van der Waals surface area (Å²) in [5.41, 5.74) is 1.76. The monoisotopic (exact) mass is 354 g/mol. The Morgan fingerprint density at radius 1 is 1.16 bits per heavy atom. The van der Waals surface area contributed by atoms with Gasteiger partial charge in [0.05, 0.1) is 0 Å². The molecule has 5 heteroatoms. The zero-order valence-electron chi connectivity index (χ0n) is 14.0. The van der Waals surface area contributed by atoms with Gasteiger partial charge in [-0.2, -0.15) is 0 Å². The summed E-state index contributed by atoms with van der Waals surface area (Å²) >= 11 is 5.97. The second-order valence-corrected chi connectivity index (χ2v) is 7.34. The van der Waals surface area contributed by atoms with Gasteiger partial charge in [-0.15, -0.1) is 0 Å².